The Kier molecular flexibility index (Phi) is 4.06. The Morgan fingerprint density at radius 1 is 1.21 bits per heavy atom. The SMILES string of the molecule is Cn1cc([C@H]2C[C@H]2C(=O)N2CCN(Cc3ccncc3)CC2)cn1. The van der Waals surface area contributed by atoms with Crippen molar-refractivity contribution in [2.24, 2.45) is 13.0 Å². The van der Waals surface area contributed by atoms with Crippen LogP contribution < -0.4 is 0 Å². The molecule has 2 aliphatic rings. The predicted octanol–water partition coefficient (Wildman–Crippen LogP) is 1.26. The number of rotatable bonds is 4. The van der Waals surface area contributed by atoms with Gasteiger partial charge in [-0.1, -0.05) is 0 Å². The molecule has 2 atom stereocenters. The van der Waals surface area contributed by atoms with Gasteiger partial charge in [-0.2, -0.15) is 5.10 Å². The van der Waals surface area contributed by atoms with Crippen molar-refractivity contribution in [1.29, 1.82) is 0 Å². The van der Waals surface area contributed by atoms with Gasteiger partial charge in [0.25, 0.3) is 0 Å². The van der Waals surface area contributed by atoms with E-state index in [1.54, 1.807) is 0 Å². The van der Waals surface area contributed by atoms with Crippen molar-refractivity contribution < 1.29 is 4.79 Å². The van der Waals surface area contributed by atoms with Crippen molar-refractivity contribution in [2.75, 3.05) is 26.2 Å². The van der Waals surface area contributed by atoms with Crippen LogP contribution in [-0.4, -0.2) is 56.7 Å². The lowest BCUT2D eigenvalue weighted by Crippen LogP contribution is -2.48. The number of aryl methyl sites for hydroxylation is 1. The molecule has 2 fully saturated rings. The molecule has 1 saturated carbocycles. The van der Waals surface area contributed by atoms with Crippen LogP contribution in [0.15, 0.2) is 36.9 Å². The van der Waals surface area contributed by atoms with Crippen molar-refractivity contribution in [3.63, 3.8) is 0 Å². The molecule has 1 amide bonds. The zero-order chi connectivity index (χ0) is 16.5. The smallest absolute Gasteiger partial charge is 0.226 e. The maximum absolute atomic E-state index is 12.7. The summed E-state index contributed by atoms with van der Waals surface area (Å²) in [6, 6.07) is 4.11. The molecular weight excluding hydrogens is 302 g/mol. The summed E-state index contributed by atoms with van der Waals surface area (Å²) in [4.78, 5) is 21.2. The third-order valence-electron chi connectivity index (χ3n) is 5.10. The lowest BCUT2D eigenvalue weighted by molar-refractivity contribution is -0.134. The maximum atomic E-state index is 12.7. The Morgan fingerprint density at radius 2 is 1.96 bits per heavy atom. The molecule has 2 aromatic heterocycles. The number of carbonyl (C=O) groups excluding carboxylic acids is 1. The second-order valence-electron chi connectivity index (χ2n) is 6.85. The first-order valence-corrected chi connectivity index (χ1v) is 8.59. The van der Waals surface area contributed by atoms with Crippen molar-refractivity contribution in [3.8, 4) is 0 Å². The Balaban J connectivity index is 1.28. The molecule has 0 aromatic carbocycles. The van der Waals surface area contributed by atoms with Gasteiger partial charge in [-0.25, -0.2) is 0 Å². The topological polar surface area (TPSA) is 54.3 Å². The third kappa shape index (κ3) is 3.19. The summed E-state index contributed by atoms with van der Waals surface area (Å²) in [7, 11) is 1.92. The Morgan fingerprint density at radius 3 is 2.62 bits per heavy atom. The lowest BCUT2D eigenvalue weighted by Gasteiger charge is -2.35. The standard InChI is InChI=1S/C18H23N5O/c1-21-13-15(11-20-21)16-10-17(16)18(24)23-8-6-22(7-9-23)12-14-2-4-19-5-3-14/h2-5,11,13,16-17H,6-10,12H2,1H3/t16-,17-/m1/s1. The van der Waals surface area contributed by atoms with E-state index in [-0.39, 0.29) is 5.92 Å². The van der Waals surface area contributed by atoms with Crippen LogP contribution in [-0.2, 0) is 18.4 Å². The van der Waals surface area contributed by atoms with Gasteiger partial charge in [0.2, 0.25) is 5.91 Å². The van der Waals surface area contributed by atoms with Gasteiger partial charge in [-0.3, -0.25) is 19.4 Å². The normalized spacial score (nSPS) is 24.1. The van der Waals surface area contributed by atoms with E-state index < -0.39 is 0 Å². The summed E-state index contributed by atoms with van der Waals surface area (Å²) in [6.45, 7) is 4.49. The van der Waals surface area contributed by atoms with Gasteiger partial charge in [-0.05, 0) is 35.6 Å². The number of hydrogen-bond donors (Lipinski definition) is 0. The van der Waals surface area contributed by atoms with Gasteiger partial charge in [-0.15, -0.1) is 0 Å². The fourth-order valence-corrected chi connectivity index (χ4v) is 3.58. The van der Waals surface area contributed by atoms with Gasteiger partial charge < -0.3 is 4.90 Å². The molecule has 0 radical (unpaired) electrons. The summed E-state index contributed by atoms with van der Waals surface area (Å²) >= 11 is 0. The minimum atomic E-state index is 0.168. The third-order valence-corrected chi connectivity index (χ3v) is 5.10. The highest BCUT2D eigenvalue weighted by atomic mass is 16.2. The molecule has 1 aliphatic carbocycles. The van der Waals surface area contributed by atoms with Crippen LogP contribution in [0.4, 0.5) is 0 Å². The van der Waals surface area contributed by atoms with Crippen LogP contribution in [0.2, 0.25) is 0 Å². The average Bonchev–Trinajstić information content (AvgIpc) is 3.30. The fourth-order valence-electron chi connectivity index (χ4n) is 3.58. The molecule has 1 saturated heterocycles. The zero-order valence-corrected chi connectivity index (χ0v) is 14.0. The van der Waals surface area contributed by atoms with E-state index in [1.165, 1.54) is 11.1 Å². The van der Waals surface area contributed by atoms with Crippen molar-refractivity contribution in [1.82, 2.24) is 24.6 Å². The Bertz CT molecular complexity index is 705. The predicted molar refractivity (Wildman–Crippen MR) is 90.2 cm³/mol. The summed E-state index contributed by atoms with van der Waals surface area (Å²) in [6.07, 6.45) is 8.57. The summed E-state index contributed by atoms with van der Waals surface area (Å²) in [5, 5.41) is 4.21. The quantitative estimate of drug-likeness (QED) is 0.849. The zero-order valence-electron chi connectivity index (χ0n) is 14.0. The number of pyridine rings is 1. The first-order valence-electron chi connectivity index (χ1n) is 8.59. The van der Waals surface area contributed by atoms with Crippen LogP contribution in [0.1, 0.15) is 23.5 Å². The second kappa shape index (κ2) is 6.36. The maximum Gasteiger partial charge on any atom is 0.226 e. The van der Waals surface area contributed by atoms with E-state index in [0.717, 1.165) is 39.1 Å². The van der Waals surface area contributed by atoms with Gasteiger partial charge in [0.05, 0.1) is 6.20 Å². The highest BCUT2D eigenvalue weighted by Gasteiger charge is 2.46. The van der Waals surface area contributed by atoms with Gasteiger partial charge >= 0.3 is 0 Å². The number of amides is 1. The number of carbonyl (C=O) groups is 1. The first-order chi connectivity index (χ1) is 11.7. The van der Waals surface area contributed by atoms with Crippen molar-refractivity contribution >= 4 is 5.91 Å². The summed E-state index contributed by atoms with van der Waals surface area (Å²) in [5.74, 6) is 0.870. The summed E-state index contributed by atoms with van der Waals surface area (Å²) < 4.78 is 1.81. The van der Waals surface area contributed by atoms with Crippen molar-refractivity contribution in [3.05, 3.63) is 48.0 Å². The minimum Gasteiger partial charge on any atom is -0.340 e. The van der Waals surface area contributed by atoms with Gasteiger partial charge in [0, 0.05) is 64.3 Å². The molecular formula is C18H23N5O. The molecule has 3 heterocycles. The number of hydrogen-bond acceptors (Lipinski definition) is 4. The fraction of sp³-hybridized carbons (Fsp3) is 0.500. The number of nitrogens with zero attached hydrogens (tertiary/aromatic N) is 5. The average molecular weight is 325 g/mol. The monoisotopic (exact) mass is 325 g/mol. The minimum absolute atomic E-state index is 0.168. The van der Waals surface area contributed by atoms with Crippen molar-refractivity contribution in [2.45, 2.75) is 18.9 Å². The molecule has 1 aliphatic heterocycles. The summed E-state index contributed by atoms with van der Waals surface area (Å²) in [5.41, 5.74) is 2.48. The van der Waals surface area contributed by atoms with Crippen LogP contribution in [0.3, 0.4) is 0 Å². The van der Waals surface area contributed by atoms with Crippen LogP contribution >= 0.6 is 0 Å². The van der Waals surface area contributed by atoms with E-state index in [0.29, 0.717) is 11.8 Å². The first kappa shape index (κ1) is 15.3. The largest absolute Gasteiger partial charge is 0.340 e. The number of aromatic nitrogens is 3. The molecule has 4 rings (SSSR count). The molecule has 6 heteroatoms. The molecule has 0 N–H and O–H groups in total. The Hall–Kier alpha value is -2.21. The van der Waals surface area contributed by atoms with Crippen LogP contribution in [0.25, 0.3) is 0 Å². The molecule has 6 nitrogen and oxygen atoms in total. The lowest BCUT2D eigenvalue weighted by atomic mass is 10.1. The Labute approximate surface area is 142 Å². The van der Waals surface area contributed by atoms with E-state index in [1.807, 2.05) is 41.4 Å². The second-order valence-corrected chi connectivity index (χ2v) is 6.85. The molecule has 0 unspecified atom stereocenters. The molecule has 126 valence electrons. The van der Waals surface area contributed by atoms with E-state index >= 15 is 0 Å². The molecule has 0 bridgehead atoms. The highest BCUT2D eigenvalue weighted by molar-refractivity contribution is 5.83. The van der Waals surface area contributed by atoms with Gasteiger partial charge in [0.1, 0.15) is 0 Å². The van der Waals surface area contributed by atoms with E-state index in [4.69, 9.17) is 0 Å². The van der Waals surface area contributed by atoms with E-state index in [9.17, 15) is 4.79 Å². The van der Waals surface area contributed by atoms with E-state index in [2.05, 4.69) is 27.1 Å². The van der Waals surface area contributed by atoms with Crippen LogP contribution in [0.5, 0.6) is 0 Å². The van der Waals surface area contributed by atoms with Crippen LogP contribution in [0, 0.1) is 5.92 Å². The highest BCUT2D eigenvalue weighted by Crippen LogP contribution is 2.48. The number of piperazine rings is 1. The van der Waals surface area contributed by atoms with Gasteiger partial charge in [0.15, 0.2) is 0 Å². The molecule has 24 heavy (non-hydrogen) atoms. The molecule has 2 aromatic rings. The molecule has 0 spiro atoms.